The van der Waals surface area contributed by atoms with Crippen molar-refractivity contribution in [2.75, 3.05) is 0 Å². The van der Waals surface area contributed by atoms with Crippen molar-refractivity contribution >= 4 is 28.3 Å². The molecular weight excluding hydrogens is 374 g/mol. The van der Waals surface area contributed by atoms with Crippen LogP contribution in [0.25, 0.3) is 22.4 Å². The Bertz CT molecular complexity index is 1140. The number of fused-ring (bicyclic) bond motifs is 1. The van der Waals surface area contributed by atoms with Crippen LogP contribution >= 0.6 is 11.3 Å². The van der Waals surface area contributed by atoms with Gasteiger partial charge in [0, 0.05) is 23.9 Å². The van der Waals surface area contributed by atoms with Crippen molar-refractivity contribution in [2.24, 2.45) is 0 Å². The Morgan fingerprint density at radius 3 is 2.75 bits per heavy atom. The summed E-state index contributed by atoms with van der Waals surface area (Å²) >= 11 is 1.53. The molecule has 0 atom stereocenters. The maximum absolute atomic E-state index is 12.1. The second-order valence-corrected chi connectivity index (χ2v) is 7.30. The Morgan fingerprint density at radius 2 is 1.89 bits per heavy atom. The van der Waals surface area contributed by atoms with Gasteiger partial charge < -0.3 is 9.73 Å². The minimum atomic E-state index is -0.391. The third-order valence-corrected chi connectivity index (χ3v) is 5.27. The number of hydrogen-bond donors (Lipinski definition) is 1. The molecule has 7 heteroatoms. The van der Waals surface area contributed by atoms with Crippen LogP contribution in [0.5, 0.6) is 0 Å². The molecule has 2 aromatic carbocycles. The van der Waals surface area contributed by atoms with Gasteiger partial charge in [-0.2, -0.15) is 0 Å². The maximum atomic E-state index is 12.1. The number of hydrogen-bond acceptors (Lipinski definition) is 5. The number of nitrogens with zero attached hydrogens (tertiary/aromatic N) is 2. The van der Waals surface area contributed by atoms with E-state index < -0.39 is 5.76 Å². The summed E-state index contributed by atoms with van der Waals surface area (Å²) in [6.07, 6.45) is 0.894. The zero-order valence-corrected chi connectivity index (χ0v) is 15.9. The van der Waals surface area contributed by atoms with Crippen LogP contribution in [0, 0.1) is 0 Å². The highest BCUT2D eigenvalue weighted by Gasteiger charge is 2.10. The fraction of sp³-hybridized carbons (Fsp3) is 0.190. The molecule has 2 heterocycles. The summed E-state index contributed by atoms with van der Waals surface area (Å²) in [6, 6.07) is 17.2. The molecule has 0 fully saturated rings. The van der Waals surface area contributed by atoms with Gasteiger partial charge in [-0.15, -0.1) is 11.3 Å². The van der Waals surface area contributed by atoms with Crippen molar-refractivity contribution in [2.45, 2.75) is 25.9 Å². The van der Waals surface area contributed by atoms with Gasteiger partial charge >= 0.3 is 5.76 Å². The minimum absolute atomic E-state index is 0.0580. The van der Waals surface area contributed by atoms with E-state index in [-0.39, 0.29) is 5.91 Å². The average Bonchev–Trinajstić information content (AvgIpc) is 3.32. The zero-order chi connectivity index (χ0) is 19.3. The lowest BCUT2D eigenvalue weighted by molar-refractivity contribution is -0.121. The van der Waals surface area contributed by atoms with E-state index in [2.05, 4.69) is 10.3 Å². The molecule has 1 amide bonds. The van der Waals surface area contributed by atoms with E-state index in [9.17, 15) is 9.59 Å². The van der Waals surface area contributed by atoms with Crippen LogP contribution in [-0.4, -0.2) is 15.5 Å². The Kier molecular flexibility index (Phi) is 5.34. The van der Waals surface area contributed by atoms with Gasteiger partial charge in [0.2, 0.25) is 5.91 Å². The van der Waals surface area contributed by atoms with Crippen molar-refractivity contribution in [3.8, 4) is 11.3 Å². The summed E-state index contributed by atoms with van der Waals surface area (Å²) in [5.74, 6) is -0.449. The van der Waals surface area contributed by atoms with Crippen molar-refractivity contribution in [3.05, 3.63) is 75.5 Å². The number of amides is 1. The number of para-hydroxylation sites is 2. The lowest BCUT2D eigenvalue weighted by Gasteiger charge is -2.04. The molecule has 4 aromatic rings. The van der Waals surface area contributed by atoms with Gasteiger partial charge in [0.25, 0.3) is 0 Å². The monoisotopic (exact) mass is 393 g/mol. The number of thiazole rings is 1. The average molecular weight is 393 g/mol. The van der Waals surface area contributed by atoms with E-state index in [1.54, 1.807) is 10.6 Å². The first-order chi connectivity index (χ1) is 13.7. The topological polar surface area (TPSA) is 77.1 Å². The van der Waals surface area contributed by atoms with Gasteiger partial charge in [-0.3, -0.25) is 9.36 Å². The molecule has 4 rings (SSSR count). The number of carbonyl (C=O) groups is 1. The van der Waals surface area contributed by atoms with Gasteiger partial charge in [-0.25, -0.2) is 9.78 Å². The van der Waals surface area contributed by atoms with Gasteiger partial charge in [0.1, 0.15) is 5.01 Å². The van der Waals surface area contributed by atoms with Crippen LogP contribution < -0.4 is 11.1 Å². The van der Waals surface area contributed by atoms with E-state index in [0.29, 0.717) is 31.5 Å². The Hall–Kier alpha value is -3.19. The van der Waals surface area contributed by atoms with Crippen molar-refractivity contribution < 1.29 is 9.21 Å². The maximum Gasteiger partial charge on any atom is 0.419 e. The first-order valence-corrected chi connectivity index (χ1v) is 9.93. The fourth-order valence-corrected chi connectivity index (χ4v) is 3.76. The SMILES string of the molecule is O=C(CCCn1c(=O)oc2ccccc21)NCc1nc(-c2ccccc2)cs1. The number of aromatic nitrogens is 2. The zero-order valence-electron chi connectivity index (χ0n) is 15.1. The molecular formula is C21H19N3O3S. The van der Waals surface area contributed by atoms with E-state index in [1.807, 2.05) is 53.9 Å². The molecule has 0 aliphatic rings. The number of aryl methyl sites for hydroxylation is 1. The molecule has 0 unspecified atom stereocenters. The van der Waals surface area contributed by atoms with Crippen LogP contribution in [0.15, 0.2) is 69.2 Å². The van der Waals surface area contributed by atoms with Crippen LogP contribution in [0.2, 0.25) is 0 Å². The third-order valence-electron chi connectivity index (χ3n) is 4.42. The predicted molar refractivity (Wildman–Crippen MR) is 109 cm³/mol. The molecule has 0 aliphatic carbocycles. The lowest BCUT2D eigenvalue weighted by atomic mass is 10.2. The minimum Gasteiger partial charge on any atom is -0.408 e. The quantitative estimate of drug-likeness (QED) is 0.518. The van der Waals surface area contributed by atoms with Crippen molar-refractivity contribution in [1.82, 2.24) is 14.9 Å². The van der Waals surface area contributed by atoms with Crippen LogP contribution in [0.1, 0.15) is 17.8 Å². The van der Waals surface area contributed by atoms with E-state index >= 15 is 0 Å². The van der Waals surface area contributed by atoms with Gasteiger partial charge in [-0.05, 0) is 18.6 Å². The molecule has 1 N–H and O–H groups in total. The molecule has 28 heavy (non-hydrogen) atoms. The third kappa shape index (κ3) is 4.04. The number of nitrogens with one attached hydrogen (secondary N) is 1. The number of rotatable bonds is 7. The first kappa shape index (κ1) is 18.2. The van der Waals surface area contributed by atoms with Crippen molar-refractivity contribution in [1.29, 1.82) is 0 Å². The van der Waals surface area contributed by atoms with Crippen molar-refractivity contribution in [3.63, 3.8) is 0 Å². The fourth-order valence-electron chi connectivity index (χ4n) is 3.02. The van der Waals surface area contributed by atoms with Gasteiger partial charge in [-0.1, -0.05) is 42.5 Å². The predicted octanol–water partition coefficient (Wildman–Crippen LogP) is 3.81. The largest absolute Gasteiger partial charge is 0.419 e. The highest BCUT2D eigenvalue weighted by atomic mass is 32.1. The van der Waals surface area contributed by atoms with E-state index in [1.165, 1.54) is 11.3 Å². The van der Waals surface area contributed by atoms with Crippen LogP contribution in [0.3, 0.4) is 0 Å². The molecule has 142 valence electrons. The van der Waals surface area contributed by atoms with Crippen LogP contribution in [-0.2, 0) is 17.9 Å². The normalized spacial score (nSPS) is 11.0. The molecule has 0 spiro atoms. The lowest BCUT2D eigenvalue weighted by Crippen LogP contribution is -2.23. The second-order valence-electron chi connectivity index (χ2n) is 6.36. The molecule has 0 saturated carbocycles. The molecule has 0 radical (unpaired) electrons. The van der Waals surface area contributed by atoms with Gasteiger partial charge in [0.05, 0.1) is 17.8 Å². The smallest absolute Gasteiger partial charge is 0.408 e. The summed E-state index contributed by atoms with van der Waals surface area (Å²) in [7, 11) is 0. The Labute approximate surface area is 165 Å². The standard InChI is InChI=1S/C21H19N3O3S/c25-19(11-6-12-24-17-9-4-5-10-18(17)27-21(24)26)22-13-20-23-16(14-28-20)15-7-2-1-3-8-15/h1-5,7-10,14H,6,11-13H2,(H,22,25). The number of oxazole rings is 1. The van der Waals surface area contributed by atoms with Crippen LogP contribution in [0.4, 0.5) is 0 Å². The second kappa shape index (κ2) is 8.22. The number of carbonyl (C=O) groups excluding carboxylic acids is 1. The molecule has 2 aromatic heterocycles. The Balaban J connectivity index is 1.28. The van der Waals surface area contributed by atoms with Gasteiger partial charge in [0.15, 0.2) is 5.58 Å². The molecule has 6 nitrogen and oxygen atoms in total. The molecule has 0 saturated heterocycles. The summed E-state index contributed by atoms with van der Waals surface area (Å²) in [5.41, 5.74) is 3.30. The molecule has 0 bridgehead atoms. The summed E-state index contributed by atoms with van der Waals surface area (Å²) in [5, 5.41) is 5.75. The molecule has 0 aliphatic heterocycles. The summed E-state index contributed by atoms with van der Waals surface area (Å²) in [4.78, 5) is 28.6. The highest BCUT2D eigenvalue weighted by Crippen LogP contribution is 2.21. The highest BCUT2D eigenvalue weighted by molar-refractivity contribution is 7.09. The summed E-state index contributed by atoms with van der Waals surface area (Å²) < 4.78 is 6.77. The number of benzene rings is 2. The van der Waals surface area contributed by atoms with E-state index in [4.69, 9.17) is 4.42 Å². The van der Waals surface area contributed by atoms with E-state index in [0.717, 1.165) is 21.8 Å². The summed E-state index contributed by atoms with van der Waals surface area (Å²) in [6.45, 7) is 0.851. The Morgan fingerprint density at radius 1 is 1.11 bits per heavy atom. The first-order valence-electron chi connectivity index (χ1n) is 9.05.